The fourth-order valence-corrected chi connectivity index (χ4v) is 3.87. The number of thioether (sulfide) groups is 1. The summed E-state index contributed by atoms with van der Waals surface area (Å²) < 4.78 is 5.79. The highest BCUT2D eigenvalue weighted by Gasteiger charge is 2.26. The van der Waals surface area contributed by atoms with E-state index in [-0.39, 0.29) is 11.8 Å². The Labute approximate surface area is 146 Å². The standard InChI is InChI=1S/C17H23N3O3S/c1-13(21)20-10-8-19(9-11-20)7-6-18-17(22)15-12-24-16-5-3-2-4-14(16)23-15/h2-5,15H,6-12H2,1H3,(H,18,22)/t15-/m1/s1. The van der Waals surface area contributed by atoms with Crippen molar-refractivity contribution in [3.63, 3.8) is 0 Å². The van der Waals surface area contributed by atoms with Crippen molar-refractivity contribution in [1.82, 2.24) is 15.1 Å². The largest absolute Gasteiger partial charge is 0.479 e. The lowest BCUT2D eigenvalue weighted by Gasteiger charge is -2.34. The van der Waals surface area contributed by atoms with Gasteiger partial charge in [0.15, 0.2) is 6.10 Å². The van der Waals surface area contributed by atoms with Crippen molar-refractivity contribution in [2.24, 2.45) is 0 Å². The minimum atomic E-state index is -0.431. The highest BCUT2D eigenvalue weighted by atomic mass is 32.2. The van der Waals surface area contributed by atoms with Crippen LogP contribution in [0.1, 0.15) is 6.92 Å². The number of carbonyl (C=O) groups excluding carboxylic acids is 2. The van der Waals surface area contributed by atoms with Crippen LogP contribution in [0.25, 0.3) is 0 Å². The number of rotatable bonds is 4. The van der Waals surface area contributed by atoms with Gasteiger partial charge in [0.05, 0.1) is 0 Å². The molecule has 0 unspecified atom stereocenters. The summed E-state index contributed by atoms with van der Waals surface area (Å²) in [7, 11) is 0. The zero-order valence-electron chi connectivity index (χ0n) is 13.9. The Balaban J connectivity index is 1.39. The number of ether oxygens (including phenoxy) is 1. The lowest BCUT2D eigenvalue weighted by atomic mass is 10.3. The van der Waals surface area contributed by atoms with Crippen LogP contribution >= 0.6 is 11.8 Å². The molecule has 0 aliphatic carbocycles. The molecule has 2 amide bonds. The summed E-state index contributed by atoms with van der Waals surface area (Å²) in [6.45, 7) is 6.26. The Bertz CT molecular complexity index is 602. The molecule has 1 aromatic rings. The first-order chi connectivity index (χ1) is 11.6. The van der Waals surface area contributed by atoms with Gasteiger partial charge in [-0.05, 0) is 12.1 Å². The topological polar surface area (TPSA) is 61.9 Å². The second-order valence-electron chi connectivity index (χ2n) is 6.00. The van der Waals surface area contributed by atoms with Crippen LogP contribution in [-0.4, -0.2) is 72.7 Å². The maximum atomic E-state index is 12.3. The molecule has 0 radical (unpaired) electrons. The molecule has 1 N–H and O–H groups in total. The van der Waals surface area contributed by atoms with E-state index in [1.807, 2.05) is 29.2 Å². The first-order valence-electron chi connectivity index (χ1n) is 8.27. The van der Waals surface area contributed by atoms with Crippen molar-refractivity contribution in [3.05, 3.63) is 24.3 Å². The highest BCUT2D eigenvalue weighted by molar-refractivity contribution is 7.99. The maximum Gasteiger partial charge on any atom is 0.262 e. The molecule has 0 bridgehead atoms. The number of hydrogen-bond acceptors (Lipinski definition) is 5. The molecule has 0 saturated carbocycles. The van der Waals surface area contributed by atoms with E-state index in [4.69, 9.17) is 4.74 Å². The third-order valence-corrected chi connectivity index (χ3v) is 5.46. The Kier molecular flexibility index (Phi) is 5.63. The Morgan fingerprint density at radius 1 is 1.25 bits per heavy atom. The van der Waals surface area contributed by atoms with Gasteiger partial charge in [-0.25, -0.2) is 0 Å². The predicted molar refractivity (Wildman–Crippen MR) is 93.3 cm³/mol. The van der Waals surface area contributed by atoms with E-state index in [1.54, 1.807) is 18.7 Å². The Morgan fingerprint density at radius 2 is 2.00 bits per heavy atom. The first-order valence-corrected chi connectivity index (χ1v) is 9.26. The lowest BCUT2D eigenvalue weighted by molar-refractivity contribution is -0.130. The zero-order valence-corrected chi connectivity index (χ0v) is 14.7. The monoisotopic (exact) mass is 349 g/mol. The van der Waals surface area contributed by atoms with Gasteiger partial charge in [0.1, 0.15) is 5.75 Å². The van der Waals surface area contributed by atoms with Crippen LogP contribution in [0.15, 0.2) is 29.2 Å². The van der Waals surface area contributed by atoms with Crippen LogP contribution in [0.2, 0.25) is 0 Å². The lowest BCUT2D eigenvalue weighted by Crippen LogP contribution is -2.50. The molecule has 130 valence electrons. The number of hydrogen-bond donors (Lipinski definition) is 1. The van der Waals surface area contributed by atoms with Crippen molar-refractivity contribution >= 4 is 23.6 Å². The number of fused-ring (bicyclic) bond motifs is 1. The maximum absolute atomic E-state index is 12.3. The summed E-state index contributed by atoms with van der Waals surface area (Å²) >= 11 is 1.66. The molecule has 0 aromatic heterocycles. The molecule has 1 fully saturated rings. The van der Waals surface area contributed by atoms with Crippen molar-refractivity contribution in [3.8, 4) is 5.75 Å². The predicted octanol–water partition coefficient (Wildman–Crippen LogP) is 0.820. The summed E-state index contributed by atoms with van der Waals surface area (Å²) in [5.41, 5.74) is 0. The number of nitrogens with zero attached hydrogens (tertiary/aromatic N) is 2. The fraction of sp³-hybridized carbons (Fsp3) is 0.529. The third-order valence-electron chi connectivity index (χ3n) is 4.35. The first kappa shape index (κ1) is 17.1. The Morgan fingerprint density at radius 3 is 2.75 bits per heavy atom. The van der Waals surface area contributed by atoms with Gasteiger partial charge in [0.25, 0.3) is 5.91 Å². The SMILES string of the molecule is CC(=O)N1CCN(CCNC(=O)[C@H]2CSc3ccccc3O2)CC1. The zero-order chi connectivity index (χ0) is 16.9. The van der Waals surface area contributed by atoms with Crippen molar-refractivity contribution in [2.75, 3.05) is 45.0 Å². The van der Waals surface area contributed by atoms with Crippen molar-refractivity contribution < 1.29 is 14.3 Å². The van der Waals surface area contributed by atoms with Crippen LogP contribution < -0.4 is 10.1 Å². The number of amides is 2. The summed E-state index contributed by atoms with van der Waals surface area (Å²) in [5.74, 6) is 1.50. The van der Waals surface area contributed by atoms with Crippen LogP contribution in [0.3, 0.4) is 0 Å². The van der Waals surface area contributed by atoms with Gasteiger partial charge in [-0.3, -0.25) is 14.5 Å². The summed E-state index contributed by atoms with van der Waals surface area (Å²) in [6.07, 6.45) is -0.431. The van der Waals surface area contributed by atoms with Crippen molar-refractivity contribution in [2.45, 2.75) is 17.9 Å². The number of benzene rings is 1. The second kappa shape index (κ2) is 7.90. The molecule has 6 nitrogen and oxygen atoms in total. The second-order valence-corrected chi connectivity index (χ2v) is 7.06. The van der Waals surface area contributed by atoms with E-state index in [9.17, 15) is 9.59 Å². The minimum Gasteiger partial charge on any atom is -0.479 e. The number of piperazine rings is 1. The number of carbonyl (C=O) groups is 2. The molecule has 24 heavy (non-hydrogen) atoms. The molecule has 1 aromatic carbocycles. The highest BCUT2D eigenvalue weighted by Crippen LogP contribution is 2.34. The molecule has 2 aliphatic heterocycles. The van der Waals surface area contributed by atoms with Crippen LogP contribution in [0.4, 0.5) is 0 Å². The average molecular weight is 349 g/mol. The van der Waals surface area contributed by atoms with Gasteiger partial charge in [-0.15, -0.1) is 11.8 Å². The fourth-order valence-electron chi connectivity index (χ4n) is 2.89. The van der Waals surface area contributed by atoms with Gasteiger partial charge >= 0.3 is 0 Å². The van der Waals surface area contributed by atoms with Crippen molar-refractivity contribution in [1.29, 1.82) is 0 Å². The summed E-state index contributed by atoms with van der Waals surface area (Å²) in [6, 6.07) is 7.80. The molecule has 0 spiro atoms. The van der Waals surface area contributed by atoms with Gasteiger partial charge in [0, 0.05) is 56.8 Å². The molecule has 1 saturated heterocycles. The average Bonchev–Trinajstić information content (AvgIpc) is 2.61. The van der Waals surface area contributed by atoms with Crippen LogP contribution in [0.5, 0.6) is 5.75 Å². The van der Waals surface area contributed by atoms with E-state index in [0.717, 1.165) is 43.4 Å². The molecule has 1 atom stereocenters. The van der Waals surface area contributed by atoms with Gasteiger partial charge < -0.3 is 15.0 Å². The van der Waals surface area contributed by atoms with Gasteiger partial charge in [-0.1, -0.05) is 12.1 Å². The quantitative estimate of drug-likeness (QED) is 0.872. The van der Waals surface area contributed by atoms with Gasteiger partial charge in [-0.2, -0.15) is 0 Å². The molecule has 7 heteroatoms. The van der Waals surface area contributed by atoms with E-state index in [1.165, 1.54) is 0 Å². The number of nitrogens with one attached hydrogen (secondary N) is 1. The molecule has 2 aliphatic rings. The summed E-state index contributed by atoms with van der Waals surface area (Å²) in [4.78, 5) is 28.8. The van der Waals surface area contributed by atoms with E-state index in [2.05, 4.69) is 10.2 Å². The normalized spacial score (nSPS) is 20.9. The third kappa shape index (κ3) is 4.21. The van der Waals surface area contributed by atoms with E-state index in [0.29, 0.717) is 12.3 Å². The molecular weight excluding hydrogens is 326 g/mol. The van der Waals surface area contributed by atoms with E-state index >= 15 is 0 Å². The van der Waals surface area contributed by atoms with E-state index < -0.39 is 6.10 Å². The van der Waals surface area contributed by atoms with Crippen LogP contribution in [0, 0.1) is 0 Å². The summed E-state index contributed by atoms with van der Waals surface area (Å²) in [5, 5.41) is 2.96. The molecule has 3 rings (SSSR count). The Hall–Kier alpha value is -1.73. The number of para-hydroxylation sites is 1. The van der Waals surface area contributed by atoms with Crippen LogP contribution in [-0.2, 0) is 9.59 Å². The molecule has 2 heterocycles. The molecular formula is C17H23N3O3S. The smallest absolute Gasteiger partial charge is 0.262 e. The minimum absolute atomic E-state index is 0.0561. The van der Waals surface area contributed by atoms with Gasteiger partial charge in [0.2, 0.25) is 5.91 Å².